The first-order valence-corrected chi connectivity index (χ1v) is 6.04. The van der Waals surface area contributed by atoms with E-state index in [0.717, 1.165) is 10.0 Å². The molecular formula is C8H8BrN5OS. The van der Waals surface area contributed by atoms with E-state index in [0.29, 0.717) is 4.88 Å². The van der Waals surface area contributed by atoms with Crippen LogP contribution in [0.1, 0.15) is 15.2 Å². The van der Waals surface area contributed by atoms with Gasteiger partial charge >= 0.3 is 0 Å². The van der Waals surface area contributed by atoms with E-state index in [2.05, 4.69) is 36.7 Å². The Bertz CT molecular complexity index is 534. The van der Waals surface area contributed by atoms with E-state index in [-0.39, 0.29) is 11.9 Å². The molecule has 16 heavy (non-hydrogen) atoms. The molecular weight excluding hydrogens is 294 g/mol. The molecule has 0 unspecified atom stereocenters. The van der Waals surface area contributed by atoms with Gasteiger partial charge in [-0.15, -0.1) is 16.4 Å². The SMILES string of the molecule is Cc1csc(C(=O)Nc2nnn(C)n2)c1Br. The summed E-state index contributed by atoms with van der Waals surface area (Å²) in [5.41, 5.74) is 1.03. The highest BCUT2D eigenvalue weighted by molar-refractivity contribution is 9.10. The number of nitrogens with one attached hydrogen (secondary N) is 1. The topological polar surface area (TPSA) is 72.7 Å². The lowest BCUT2D eigenvalue weighted by atomic mass is 10.3. The minimum atomic E-state index is -0.238. The predicted octanol–water partition coefficient (Wildman–Crippen LogP) is 1.59. The highest BCUT2D eigenvalue weighted by atomic mass is 79.9. The van der Waals surface area contributed by atoms with Gasteiger partial charge in [0.2, 0.25) is 0 Å². The molecule has 0 fully saturated rings. The zero-order chi connectivity index (χ0) is 11.7. The van der Waals surface area contributed by atoms with Crippen LogP contribution in [0, 0.1) is 6.92 Å². The van der Waals surface area contributed by atoms with Crippen LogP contribution >= 0.6 is 27.3 Å². The summed E-state index contributed by atoms with van der Waals surface area (Å²) in [6.07, 6.45) is 0. The van der Waals surface area contributed by atoms with Gasteiger partial charge in [-0.05, 0) is 39.0 Å². The Labute approximate surface area is 104 Å². The number of halogens is 1. The Morgan fingerprint density at radius 1 is 1.62 bits per heavy atom. The number of aromatic nitrogens is 4. The minimum absolute atomic E-state index is 0.199. The molecule has 0 bridgehead atoms. The first-order valence-electron chi connectivity index (χ1n) is 4.37. The third-order valence-corrected chi connectivity index (χ3v) is 4.22. The van der Waals surface area contributed by atoms with E-state index in [9.17, 15) is 4.79 Å². The van der Waals surface area contributed by atoms with Crippen LogP contribution in [0.2, 0.25) is 0 Å². The number of carbonyl (C=O) groups is 1. The Morgan fingerprint density at radius 3 is 2.88 bits per heavy atom. The second kappa shape index (κ2) is 4.30. The van der Waals surface area contributed by atoms with Gasteiger partial charge < -0.3 is 0 Å². The largest absolute Gasteiger partial charge is 0.287 e. The first-order chi connectivity index (χ1) is 7.58. The quantitative estimate of drug-likeness (QED) is 0.914. The van der Waals surface area contributed by atoms with E-state index in [1.807, 2.05) is 12.3 Å². The summed E-state index contributed by atoms with van der Waals surface area (Å²) < 4.78 is 0.805. The third kappa shape index (κ3) is 2.12. The van der Waals surface area contributed by atoms with Gasteiger partial charge in [-0.2, -0.15) is 4.80 Å². The van der Waals surface area contributed by atoms with Crippen molar-refractivity contribution in [2.24, 2.45) is 7.05 Å². The van der Waals surface area contributed by atoms with Crippen LogP contribution in [0.15, 0.2) is 9.85 Å². The number of tetrazole rings is 1. The normalized spacial score (nSPS) is 10.4. The van der Waals surface area contributed by atoms with Crippen molar-refractivity contribution in [3.63, 3.8) is 0 Å². The number of amides is 1. The Kier molecular flexibility index (Phi) is 3.01. The molecule has 2 heterocycles. The summed E-state index contributed by atoms with van der Waals surface area (Å²) in [6, 6.07) is 0. The van der Waals surface area contributed by atoms with Crippen molar-refractivity contribution < 1.29 is 4.79 Å². The van der Waals surface area contributed by atoms with Crippen LogP contribution in [-0.2, 0) is 7.05 Å². The molecule has 0 aliphatic heterocycles. The highest BCUT2D eigenvalue weighted by Crippen LogP contribution is 2.27. The fourth-order valence-electron chi connectivity index (χ4n) is 1.08. The van der Waals surface area contributed by atoms with Gasteiger partial charge in [0.1, 0.15) is 4.88 Å². The summed E-state index contributed by atoms with van der Waals surface area (Å²) in [7, 11) is 1.63. The molecule has 84 valence electrons. The van der Waals surface area contributed by atoms with Gasteiger partial charge in [-0.1, -0.05) is 5.10 Å². The Hall–Kier alpha value is -1.28. The number of hydrogen-bond donors (Lipinski definition) is 1. The third-order valence-electron chi connectivity index (χ3n) is 1.84. The molecule has 0 atom stereocenters. The molecule has 0 aliphatic carbocycles. The van der Waals surface area contributed by atoms with Gasteiger partial charge in [-0.3, -0.25) is 10.1 Å². The van der Waals surface area contributed by atoms with Crippen molar-refractivity contribution in [2.75, 3.05) is 5.32 Å². The maximum atomic E-state index is 11.8. The molecule has 2 aromatic heterocycles. The summed E-state index contributed by atoms with van der Waals surface area (Å²) in [5, 5.41) is 15.6. The van der Waals surface area contributed by atoms with E-state index in [1.54, 1.807) is 7.05 Å². The maximum absolute atomic E-state index is 11.8. The van der Waals surface area contributed by atoms with Crippen LogP contribution in [0.5, 0.6) is 0 Å². The number of thiophene rings is 1. The Morgan fingerprint density at radius 2 is 2.38 bits per heavy atom. The molecule has 2 aromatic rings. The predicted molar refractivity (Wildman–Crippen MR) is 63.5 cm³/mol. The second-order valence-electron chi connectivity index (χ2n) is 3.12. The lowest BCUT2D eigenvalue weighted by Gasteiger charge is -1.98. The summed E-state index contributed by atoms with van der Waals surface area (Å²) in [4.78, 5) is 13.7. The van der Waals surface area contributed by atoms with Crippen molar-refractivity contribution >= 4 is 39.1 Å². The molecule has 6 nitrogen and oxygen atoms in total. The molecule has 0 saturated heterocycles. The maximum Gasteiger partial charge on any atom is 0.270 e. The van der Waals surface area contributed by atoms with Gasteiger partial charge in [-0.25, -0.2) is 0 Å². The summed E-state index contributed by atoms with van der Waals surface area (Å²) >= 11 is 4.73. The Balaban J connectivity index is 2.18. The van der Waals surface area contributed by atoms with Gasteiger partial charge in [0.15, 0.2) is 0 Å². The molecule has 1 N–H and O–H groups in total. The average Bonchev–Trinajstić information content (AvgIpc) is 2.76. The number of hydrogen-bond acceptors (Lipinski definition) is 5. The lowest BCUT2D eigenvalue weighted by molar-refractivity contribution is 0.102. The number of anilines is 1. The average molecular weight is 302 g/mol. The van der Waals surface area contributed by atoms with E-state index < -0.39 is 0 Å². The van der Waals surface area contributed by atoms with Crippen molar-refractivity contribution in [3.8, 4) is 0 Å². The first kappa shape index (κ1) is 11.2. The van der Waals surface area contributed by atoms with Gasteiger partial charge in [0.05, 0.1) is 7.05 Å². The van der Waals surface area contributed by atoms with Crippen LogP contribution in [0.4, 0.5) is 5.95 Å². The van der Waals surface area contributed by atoms with Crippen LogP contribution in [0.25, 0.3) is 0 Å². The van der Waals surface area contributed by atoms with E-state index in [1.165, 1.54) is 16.1 Å². The molecule has 0 radical (unpaired) electrons. The molecule has 0 aromatic carbocycles. The lowest BCUT2D eigenvalue weighted by Crippen LogP contribution is -2.12. The number of aryl methyl sites for hydroxylation is 2. The fraction of sp³-hybridized carbons (Fsp3) is 0.250. The van der Waals surface area contributed by atoms with Gasteiger partial charge in [0, 0.05) is 4.47 Å². The van der Waals surface area contributed by atoms with Crippen molar-refractivity contribution in [2.45, 2.75) is 6.92 Å². The standard InChI is InChI=1S/C8H8BrN5OS/c1-4-3-16-6(5(4)9)7(15)10-8-11-13-14(2)12-8/h3H,1-2H3,(H,10,12,15). The molecule has 0 aliphatic rings. The van der Waals surface area contributed by atoms with E-state index >= 15 is 0 Å². The molecule has 8 heteroatoms. The zero-order valence-electron chi connectivity index (χ0n) is 8.56. The summed E-state index contributed by atoms with van der Waals surface area (Å²) in [5.74, 6) is -0.0385. The van der Waals surface area contributed by atoms with Crippen LogP contribution in [-0.4, -0.2) is 26.1 Å². The highest BCUT2D eigenvalue weighted by Gasteiger charge is 2.15. The molecule has 0 saturated carbocycles. The number of rotatable bonds is 2. The number of carbonyl (C=O) groups excluding carboxylic acids is 1. The van der Waals surface area contributed by atoms with Gasteiger partial charge in [0.25, 0.3) is 11.9 Å². The fourth-order valence-corrected chi connectivity index (χ4v) is 2.64. The summed E-state index contributed by atoms with van der Waals surface area (Å²) in [6.45, 7) is 1.93. The van der Waals surface area contributed by atoms with Crippen molar-refractivity contribution in [1.82, 2.24) is 20.2 Å². The second-order valence-corrected chi connectivity index (χ2v) is 4.79. The van der Waals surface area contributed by atoms with E-state index in [4.69, 9.17) is 0 Å². The van der Waals surface area contributed by atoms with Crippen LogP contribution < -0.4 is 5.32 Å². The molecule has 2 rings (SSSR count). The number of nitrogens with zero attached hydrogens (tertiary/aromatic N) is 4. The van der Waals surface area contributed by atoms with Crippen molar-refractivity contribution in [3.05, 3.63) is 20.3 Å². The van der Waals surface area contributed by atoms with Crippen molar-refractivity contribution in [1.29, 1.82) is 0 Å². The minimum Gasteiger partial charge on any atom is -0.287 e. The van der Waals surface area contributed by atoms with Crippen LogP contribution in [0.3, 0.4) is 0 Å². The smallest absolute Gasteiger partial charge is 0.270 e. The molecule has 0 spiro atoms. The monoisotopic (exact) mass is 301 g/mol. The zero-order valence-corrected chi connectivity index (χ0v) is 11.0. The molecule has 1 amide bonds.